The highest BCUT2D eigenvalue weighted by Crippen LogP contribution is 2.46. The van der Waals surface area contributed by atoms with Gasteiger partial charge < -0.3 is 19.5 Å². The molecule has 1 amide bonds. The predicted molar refractivity (Wildman–Crippen MR) is 98.0 cm³/mol. The lowest BCUT2D eigenvalue weighted by molar-refractivity contribution is -0.386. The van der Waals surface area contributed by atoms with E-state index in [0.29, 0.717) is 10.0 Å². The fourth-order valence-electron chi connectivity index (χ4n) is 2.49. The second-order valence-electron chi connectivity index (χ2n) is 5.26. The molecule has 1 N–H and O–H groups in total. The summed E-state index contributed by atoms with van der Waals surface area (Å²) in [5, 5.41) is 14.1. The lowest BCUT2D eigenvalue weighted by Crippen LogP contribution is -2.24. The Morgan fingerprint density at radius 1 is 1.15 bits per heavy atom. The molecule has 0 aromatic heterocycles. The van der Waals surface area contributed by atoms with E-state index in [1.54, 1.807) is 6.07 Å². The summed E-state index contributed by atoms with van der Waals surface area (Å²) in [5.41, 5.74) is -0.358. The smallest absolute Gasteiger partial charge is 0.327 e. The van der Waals surface area contributed by atoms with Gasteiger partial charge in [0.15, 0.2) is 5.75 Å². The normalized spacial score (nSPS) is 10.3. The molecule has 0 aliphatic heterocycles. The highest BCUT2D eigenvalue weighted by molar-refractivity contribution is 9.10. The van der Waals surface area contributed by atoms with Gasteiger partial charge >= 0.3 is 5.69 Å². The van der Waals surface area contributed by atoms with E-state index in [1.165, 1.54) is 39.5 Å². The number of halogens is 2. The van der Waals surface area contributed by atoms with Gasteiger partial charge in [0.2, 0.25) is 11.5 Å². The number of hydrogen-bond acceptors (Lipinski definition) is 6. The van der Waals surface area contributed by atoms with Crippen LogP contribution in [0.3, 0.4) is 0 Å². The summed E-state index contributed by atoms with van der Waals surface area (Å²) in [6.07, 6.45) is 0. The summed E-state index contributed by atoms with van der Waals surface area (Å²) >= 11 is 3.16. The third-order valence-electron chi connectivity index (χ3n) is 3.61. The van der Waals surface area contributed by atoms with Crippen LogP contribution in [0.2, 0.25) is 0 Å². The summed E-state index contributed by atoms with van der Waals surface area (Å²) in [6.45, 7) is -0.0387. The number of carbonyl (C=O) groups is 1. The second-order valence-corrected chi connectivity index (χ2v) is 6.17. The summed E-state index contributed by atoms with van der Waals surface area (Å²) in [7, 11) is 3.84. The molecule has 2 aromatic carbocycles. The van der Waals surface area contributed by atoms with Crippen molar-refractivity contribution in [3.8, 4) is 17.2 Å². The molecular weight excluding hydrogens is 427 g/mol. The molecule has 0 unspecified atom stereocenters. The maximum atomic E-state index is 13.4. The first-order valence-electron chi connectivity index (χ1n) is 7.52. The van der Waals surface area contributed by atoms with E-state index in [2.05, 4.69) is 21.2 Å². The van der Waals surface area contributed by atoms with Crippen LogP contribution in [0.5, 0.6) is 17.2 Å². The van der Waals surface area contributed by atoms with Crippen LogP contribution in [-0.4, -0.2) is 32.2 Å². The molecule has 0 heterocycles. The number of nitro benzene ring substituents is 1. The zero-order valence-electron chi connectivity index (χ0n) is 14.7. The molecule has 2 aromatic rings. The quantitative estimate of drug-likeness (QED) is 0.520. The molecule has 0 bridgehead atoms. The van der Waals surface area contributed by atoms with Gasteiger partial charge in [0.05, 0.1) is 26.3 Å². The van der Waals surface area contributed by atoms with Crippen molar-refractivity contribution in [2.75, 3.05) is 21.3 Å². The Kier molecular flexibility index (Phi) is 6.56. The minimum Gasteiger partial charge on any atom is -0.493 e. The first-order valence-corrected chi connectivity index (χ1v) is 8.32. The van der Waals surface area contributed by atoms with Gasteiger partial charge in [-0.2, -0.15) is 0 Å². The van der Waals surface area contributed by atoms with Crippen molar-refractivity contribution in [2.45, 2.75) is 6.54 Å². The van der Waals surface area contributed by atoms with E-state index in [-0.39, 0.29) is 29.4 Å². The largest absolute Gasteiger partial charge is 0.493 e. The molecule has 0 radical (unpaired) electrons. The van der Waals surface area contributed by atoms with Gasteiger partial charge in [-0.1, -0.05) is 15.9 Å². The van der Waals surface area contributed by atoms with Gasteiger partial charge in [-0.3, -0.25) is 14.9 Å². The van der Waals surface area contributed by atoms with Crippen LogP contribution in [0.15, 0.2) is 28.7 Å². The zero-order chi connectivity index (χ0) is 20.1. The first-order chi connectivity index (χ1) is 12.8. The molecular formula is C17H16BrFN2O6. The first kappa shape index (κ1) is 20.4. The Morgan fingerprint density at radius 3 is 2.33 bits per heavy atom. The van der Waals surface area contributed by atoms with Gasteiger partial charge in [0.25, 0.3) is 5.91 Å². The SMILES string of the molecule is COc1cc(C(=O)NCc2cc(F)cc(Br)c2)c([N+](=O)[O-])c(OC)c1OC. The predicted octanol–water partition coefficient (Wildman–Crippen LogP) is 3.45. The number of nitrogens with one attached hydrogen (secondary N) is 1. The molecule has 144 valence electrons. The molecule has 10 heteroatoms. The molecule has 0 saturated carbocycles. The van der Waals surface area contributed by atoms with Gasteiger partial charge in [-0.05, 0) is 23.8 Å². The summed E-state index contributed by atoms with van der Waals surface area (Å²) < 4.78 is 29.3. The minimum absolute atomic E-state index is 0.00249. The van der Waals surface area contributed by atoms with E-state index < -0.39 is 22.3 Å². The maximum Gasteiger partial charge on any atom is 0.327 e. The Hall–Kier alpha value is -2.88. The molecule has 0 aliphatic carbocycles. The van der Waals surface area contributed by atoms with Crippen LogP contribution in [0, 0.1) is 15.9 Å². The summed E-state index contributed by atoms with van der Waals surface area (Å²) in [5.74, 6) is -1.37. The van der Waals surface area contributed by atoms with Crippen LogP contribution in [0.4, 0.5) is 10.1 Å². The molecule has 0 spiro atoms. The van der Waals surface area contributed by atoms with Crippen LogP contribution >= 0.6 is 15.9 Å². The monoisotopic (exact) mass is 442 g/mol. The Bertz CT molecular complexity index is 870. The van der Waals surface area contributed by atoms with Gasteiger partial charge in [0, 0.05) is 17.1 Å². The lowest BCUT2D eigenvalue weighted by atomic mass is 10.1. The zero-order valence-corrected chi connectivity index (χ0v) is 16.3. The van der Waals surface area contributed by atoms with Gasteiger partial charge in [0.1, 0.15) is 11.4 Å². The highest BCUT2D eigenvalue weighted by Gasteiger charge is 2.32. The summed E-state index contributed by atoms with van der Waals surface area (Å²) in [6, 6.07) is 5.33. The van der Waals surface area contributed by atoms with E-state index in [9.17, 15) is 19.3 Å². The van der Waals surface area contributed by atoms with Crippen molar-refractivity contribution >= 4 is 27.5 Å². The number of methoxy groups -OCH3 is 3. The molecule has 8 nitrogen and oxygen atoms in total. The Balaban J connectivity index is 2.43. The standard InChI is InChI=1S/C17H16BrFN2O6/c1-25-13-7-12(14(21(23)24)16(27-3)15(13)26-2)17(22)20-8-9-4-10(18)6-11(19)5-9/h4-7H,8H2,1-3H3,(H,20,22). The van der Waals surface area contributed by atoms with E-state index in [1.807, 2.05) is 0 Å². The van der Waals surface area contributed by atoms with E-state index >= 15 is 0 Å². The average Bonchev–Trinajstić information content (AvgIpc) is 2.63. The van der Waals surface area contributed by atoms with Crippen molar-refractivity contribution in [3.63, 3.8) is 0 Å². The van der Waals surface area contributed by atoms with Crippen LogP contribution in [0.25, 0.3) is 0 Å². The topological polar surface area (TPSA) is 99.9 Å². The van der Waals surface area contributed by atoms with Crippen molar-refractivity contribution in [2.24, 2.45) is 0 Å². The van der Waals surface area contributed by atoms with E-state index in [4.69, 9.17) is 14.2 Å². The number of rotatable bonds is 7. The van der Waals surface area contributed by atoms with Crippen molar-refractivity contribution < 1.29 is 28.3 Å². The number of carbonyl (C=O) groups excluding carboxylic acids is 1. The van der Waals surface area contributed by atoms with Gasteiger partial charge in [-0.25, -0.2) is 4.39 Å². The number of ether oxygens (including phenoxy) is 3. The molecule has 2 rings (SSSR count). The van der Waals surface area contributed by atoms with Crippen molar-refractivity contribution in [1.82, 2.24) is 5.32 Å². The third-order valence-corrected chi connectivity index (χ3v) is 4.06. The summed E-state index contributed by atoms with van der Waals surface area (Å²) in [4.78, 5) is 23.4. The van der Waals surface area contributed by atoms with Crippen LogP contribution in [-0.2, 0) is 6.54 Å². The molecule has 0 aliphatic rings. The number of hydrogen-bond donors (Lipinski definition) is 1. The third kappa shape index (κ3) is 4.45. The average molecular weight is 443 g/mol. The minimum atomic E-state index is -0.749. The van der Waals surface area contributed by atoms with Crippen molar-refractivity contribution in [3.05, 3.63) is 55.8 Å². The highest BCUT2D eigenvalue weighted by atomic mass is 79.9. The number of nitro groups is 1. The van der Waals surface area contributed by atoms with E-state index in [0.717, 1.165) is 0 Å². The molecule has 0 atom stereocenters. The number of nitrogens with zero attached hydrogens (tertiary/aromatic N) is 1. The molecule has 0 fully saturated rings. The maximum absolute atomic E-state index is 13.4. The Labute approximate surface area is 162 Å². The Morgan fingerprint density at radius 2 is 1.81 bits per heavy atom. The lowest BCUT2D eigenvalue weighted by Gasteiger charge is -2.15. The van der Waals surface area contributed by atoms with Crippen LogP contribution < -0.4 is 19.5 Å². The fourth-order valence-corrected chi connectivity index (χ4v) is 3.00. The number of benzene rings is 2. The van der Waals surface area contributed by atoms with Crippen LogP contribution in [0.1, 0.15) is 15.9 Å². The fraction of sp³-hybridized carbons (Fsp3) is 0.235. The number of amides is 1. The molecule has 27 heavy (non-hydrogen) atoms. The van der Waals surface area contributed by atoms with Gasteiger partial charge in [-0.15, -0.1) is 0 Å². The van der Waals surface area contributed by atoms with Crippen molar-refractivity contribution in [1.29, 1.82) is 0 Å². The second kappa shape index (κ2) is 8.67. The molecule has 0 saturated heterocycles.